The molecule has 2 heterocycles. The Balaban J connectivity index is 1.59. The lowest BCUT2D eigenvalue weighted by atomic mass is 10.1. The number of carbonyl (C=O) groups is 1. The minimum atomic E-state index is -0.321. The van der Waals surface area contributed by atoms with Crippen LogP contribution in [0, 0.1) is 5.82 Å². The maximum Gasteiger partial charge on any atom is 0.255 e. The molecule has 0 aliphatic heterocycles. The summed E-state index contributed by atoms with van der Waals surface area (Å²) in [5, 5.41) is 9.57. The van der Waals surface area contributed by atoms with Gasteiger partial charge in [-0.25, -0.2) is 9.37 Å². The summed E-state index contributed by atoms with van der Waals surface area (Å²) in [6.07, 6.45) is 7.61. The van der Waals surface area contributed by atoms with Crippen LogP contribution in [-0.4, -0.2) is 32.2 Å². The van der Waals surface area contributed by atoms with Crippen molar-refractivity contribution in [2.75, 3.05) is 6.54 Å². The highest BCUT2D eigenvalue weighted by atomic mass is 19.1. The number of benzene rings is 1. The summed E-state index contributed by atoms with van der Waals surface area (Å²) in [4.78, 5) is 16.2. The summed E-state index contributed by atoms with van der Waals surface area (Å²) in [5.41, 5.74) is 1.74. The van der Waals surface area contributed by atoms with Crippen molar-refractivity contribution in [3.63, 3.8) is 0 Å². The van der Waals surface area contributed by atoms with Crippen molar-refractivity contribution in [1.29, 1.82) is 0 Å². The number of nitrogens with one attached hydrogen (secondary N) is 2. The van der Waals surface area contributed by atoms with Gasteiger partial charge in [0.05, 0.1) is 23.8 Å². The van der Waals surface area contributed by atoms with Crippen LogP contribution >= 0.6 is 0 Å². The lowest BCUT2D eigenvalue weighted by molar-refractivity contribution is 0.0953. The van der Waals surface area contributed by atoms with E-state index in [0.29, 0.717) is 23.4 Å². The Hall–Kier alpha value is -2.96. The number of rotatable bonds is 6. The summed E-state index contributed by atoms with van der Waals surface area (Å²) in [7, 11) is 0. The van der Waals surface area contributed by atoms with Crippen LogP contribution < -0.4 is 5.32 Å². The Morgan fingerprint density at radius 3 is 2.87 bits per heavy atom. The van der Waals surface area contributed by atoms with E-state index in [9.17, 15) is 9.18 Å². The molecule has 0 spiro atoms. The van der Waals surface area contributed by atoms with E-state index in [1.165, 1.54) is 18.3 Å². The lowest BCUT2D eigenvalue weighted by Crippen LogP contribution is -2.25. The molecule has 0 saturated carbocycles. The van der Waals surface area contributed by atoms with E-state index in [-0.39, 0.29) is 11.7 Å². The molecule has 1 amide bonds. The van der Waals surface area contributed by atoms with E-state index in [4.69, 9.17) is 0 Å². The molecule has 6 nitrogen and oxygen atoms in total. The number of H-pyrrole nitrogens is 1. The van der Waals surface area contributed by atoms with Gasteiger partial charge >= 0.3 is 0 Å². The number of halogens is 1. The number of hydrogen-bond acceptors (Lipinski definition) is 3. The van der Waals surface area contributed by atoms with Gasteiger partial charge in [-0.2, -0.15) is 5.10 Å². The molecule has 2 N–H and O–H groups in total. The summed E-state index contributed by atoms with van der Waals surface area (Å²) in [6.45, 7) is 1.33. The minimum Gasteiger partial charge on any atom is -0.352 e. The number of amides is 1. The summed E-state index contributed by atoms with van der Waals surface area (Å²) < 4.78 is 15.0. The van der Waals surface area contributed by atoms with E-state index in [1.54, 1.807) is 24.7 Å². The first-order valence-electron chi connectivity index (χ1n) is 7.27. The van der Waals surface area contributed by atoms with Gasteiger partial charge in [0.15, 0.2) is 0 Å². The third kappa shape index (κ3) is 3.63. The van der Waals surface area contributed by atoms with E-state index in [1.807, 2.05) is 10.8 Å². The quantitative estimate of drug-likeness (QED) is 0.685. The topological polar surface area (TPSA) is 75.6 Å². The zero-order valence-electron chi connectivity index (χ0n) is 12.4. The molecule has 0 saturated heterocycles. The Morgan fingerprint density at radius 2 is 2.13 bits per heavy atom. The highest BCUT2D eigenvalue weighted by Crippen LogP contribution is 2.21. The molecule has 2 aromatic heterocycles. The van der Waals surface area contributed by atoms with Crippen molar-refractivity contribution < 1.29 is 9.18 Å². The van der Waals surface area contributed by atoms with Crippen molar-refractivity contribution in [3.8, 4) is 11.3 Å². The predicted octanol–water partition coefficient (Wildman–Crippen LogP) is 2.23. The fourth-order valence-corrected chi connectivity index (χ4v) is 2.27. The van der Waals surface area contributed by atoms with Crippen molar-refractivity contribution in [1.82, 2.24) is 25.1 Å². The molecule has 23 heavy (non-hydrogen) atoms. The first-order chi connectivity index (χ1) is 11.2. The minimum absolute atomic E-state index is 0.205. The third-order valence-corrected chi connectivity index (χ3v) is 3.45. The number of nitrogens with zero attached hydrogens (tertiary/aromatic N) is 3. The number of carbonyl (C=O) groups excluding carboxylic acids is 1. The summed E-state index contributed by atoms with van der Waals surface area (Å²) in [5.74, 6) is -0.525. The summed E-state index contributed by atoms with van der Waals surface area (Å²) >= 11 is 0. The largest absolute Gasteiger partial charge is 0.352 e. The van der Waals surface area contributed by atoms with Crippen LogP contribution in [0.15, 0.2) is 49.2 Å². The van der Waals surface area contributed by atoms with Gasteiger partial charge in [-0.3, -0.25) is 9.89 Å². The molecule has 3 rings (SSSR count). The zero-order valence-corrected chi connectivity index (χ0v) is 12.4. The Kier molecular flexibility index (Phi) is 4.46. The van der Waals surface area contributed by atoms with Gasteiger partial charge in [-0.15, -0.1) is 0 Å². The van der Waals surface area contributed by atoms with Gasteiger partial charge in [0.25, 0.3) is 5.91 Å². The smallest absolute Gasteiger partial charge is 0.255 e. The summed E-state index contributed by atoms with van der Waals surface area (Å²) in [6, 6.07) is 5.92. The molecule has 0 fully saturated rings. The molecule has 118 valence electrons. The van der Waals surface area contributed by atoms with Crippen LogP contribution in [0.25, 0.3) is 11.3 Å². The van der Waals surface area contributed by atoms with E-state index in [0.717, 1.165) is 13.0 Å². The molecule has 0 atom stereocenters. The fourth-order valence-electron chi connectivity index (χ4n) is 2.27. The zero-order chi connectivity index (χ0) is 16.1. The SMILES string of the molecule is O=C(NCCCn1ccnc1)c1cn[nH]c1-c1ccc(F)cc1. The molecule has 7 heteroatoms. The van der Waals surface area contributed by atoms with Crippen LogP contribution in [-0.2, 0) is 6.54 Å². The molecule has 0 aliphatic carbocycles. The van der Waals surface area contributed by atoms with Crippen molar-refractivity contribution >= 4 is 5.91 Å². The van der Waals surface area contributed by atoms with E-state index >= 15 is 0 Å². The Morgan fingerprint density at radius 1 is 1.30 bits per heavy atom. The van der Waals surface area contributed by atoms with Gasteiger partial charge in [-0.1, -0.05) is 0 Å². The number of hydrogen-bond donors (Lipinski definition) is 2. The van der Waals surface area contributed by atoms with Crippen LogP contribution in [0.2, 0.25) is 0 Å². The monoisotopic (exact) mass is 313 g/mol. The fraction of sp³-hybridized carbons (Fsp3) is 0.188. The predicted molar refractivity (Wildman–Crippen MR) is 83.2 cm³/mol. The number of aromatic nitrogens is 4. The molecular formula is C16H16FN5O. The average Bonchev–Trinajstić information content (AvgIpc) is 3.23. The van der Waals surface area contributed by atoms with E-state index < -0.39 is 0 Å². The van der Waals surface area contributed by atoms with Crippen LogP contribution in [0.5, 0.6) is 0 Å². The molecule has 0 aliphatic rings. The normalized spacial score (nSPS) is 10.7. The van der Waals surface area contributed by atoms with Crippen LogP contribution in [0.3, 0.4) is 0 Å². The van der Waals surface area contributed by atoms with Crippen LogP contribution in [0.4, 0.5) is 4.39 Å². The van der Waals surface area contributed by atoms with Crippen molar-refractivity contribution in [3.05, 3.63) is 60.6 Å². The second-order valence-corrected chi connectivity index (χ2v) is 5.08. The Labute approximate surface area is 132 Å². The maximum absolute atomic E-state index is 13.0. The third-order valence-electron chi connectivity index (χ3n) is 3.45. The molecule has 1 aromatic carbocycles. The number of aromatic amines is 1. The van der Waals surface area contributed by atoms with Gasteiger partial charge < -0.3 is 9.88 Å². The van der Waals surface area contributed by atoms with Crippen molar-refractivity contribution in [2.24, 2.45) is 0 Å². The maximum atomic E-state index is 13.0. The van der Waals surface area contributed by atoms with Gasteiger partial charge in [0, 0.05) is 31.0 Å². The highest BCUT2D eigenvalue weighted by molar-refractivity contribution is 5.99. The first-order valence-corrected chi connectivity index (χ1v) is 7.27. The first kappa shape index (κ1) is 15.0. The number of aryl methyl sites for hydroxylation is 1. The molecule has 0 bridgehead atoms. The van der Waals surface area contributed by atoms with Gasteiger partial charge in [0.2, 0.25) is 0 Å². The second-order valence-electron chi connectivity index (χ2n) is 5.08. The highest BCUT2D eigenvalue weighted by Gasteiger charge is 2.14. The molecule has 0 radical (unpaired) electrons. The van der Waals surface area contributed by atoms with Gasteiger partial charge in [0.1, 0.15) is 5.82 Å². The standard InChI is InChI=1S/C16H16FN5O/c17-13-4-2-12(3-5-13)15-14(10-20-21-15)16(23)19-6-1-8-22-9-7-18-11-22/h2-5,7,9-11H,1,6,8H2,(H,19,23)(H,20,21). The lowest BCUT2D eigenvalue weighted by Gasteiger charge is -2.06. The Bertz CT molecular complexity index is 764. The number of imidazole rings is 1. The molecule has 0 unspecified atom stereocenters. The molecular weight excluding hydrogens is 297 g/mol. The second kappa shape index (κ2) is 6.87. The molecule has 3 aromatic rings. The van der Waals surface area contributed by atoms with Crippen LogP contribution in [0.1, 0.15) is 16.8 Å². The van der Waals surface area contributed by atoms with E-state index in [2.05, 4.69) is 20.5 Å². The van der Waals surface area contributed by atoms with Crippen molar-refractivity contribution in [2.45, 2.75) is 13.0 Å². The average molecular weight is 313 g/mol. The van der Waals surface area contributed by atoms with Gasteiger partial charge in [-0.05, 0) is 30.7 Å².